The fourth-order valence-electron chi connectivity index (χ4n) is 1.53. The summed E-state index contributed by atoms with van der Waals surface area (Å²) in [6.07, 6.45) is 3.20. The average Bonchev–Trinajstić information content (AvgIpc) is 2.83. The summed E-state index contributed by atoms with van der Waals surface area (Å²) in [4.78, 5) is 15.3. The SMILES string of the molecule is CC(Nc1ncccc1C(N)=O)c1ccco1. The van der Waals surface area contributed by atoms with Crippen LogP contribution in [0.4, 0.5) is 5.82 Å². The van der Waals surface area contributed by atoms with Gasteiger partial charge in [-0.3, -0.25) is 4.79 Å². The lowest BCUT2D eigenvalue weighted by atomic mass is 10.2. The molecule has 0 bridgehead atoms. The molecule has 3 N–H and O–H groups in total. The summed E-state index contributed by atoms with van der Waals surface area (Å²) in [6, 6.07) is 6.87. The molecule has 1 atom stereocenters. The Hall–Kier alpha value is -2.30. The molecule has 0 spiro atoms. The van der Waals surface area contributed by atoms with Gasteiger partial charge in [-0.15, -0.1) is 0 Å². The number of nitrogens with zero attached hydrogens (tertiary/aromatic N) is 1. The summed E-state index contributed by atoms with van der Waals surface area (Å²) in [5, 5.41) is 3.09. The van der Waals surface area contributed by atoms with Crippen molar-refractivity contribution in [2.75, 3.05) is 5.32 Å². The van der Waals surface area contributed by atoms with E-state index < -0.39 is 5.91 Å². The van der Waals surface area contributed by atoms with E-state index in [9.17, 15) is 4.79 Å². The van der Waals surface area contributed by atoms with Crippen LogP contribution in [-0.4, -0.2) is 10.9 Å². The Kier molecular flexibility index (Phi) is 3.09. The molecule has 0 aromatic carbocycles. The maximum atomic E-state index is 11.2. The van der Waals surface area contributed by atoms with Crippen LogP contribution in [0.2, 0.25) is 0 Å². The first-order valence-corrected chi connectivity index (χ1v) is 5.23. The van der Waals surface area contributed by atoms with Gasteiger partial charge in [-0.05, 0) is 31.2 Å². The van der Waals surface area contributed by atoms with Gasteiger partial charge in [0.2, 0.25) is 0 Å². The highest BCUT2D eigenvalue weighted by Crippen LogP contribution is 2.20. The van der Waals surface area contributed by atoms with Crippen molar-refractivity contribution in [3.63, 3.8) is 0 Å². The smallest absolute Gasteiger partial charge is 0.252 e. The van der Waals surface area contributed by atoms with E-state index in [4.69, 9.17) is 10.2 Å². The van der Waals surface area contributed by atoms with Crippen molar-refractivity contribution in [3.05, 3.63) is 48.0 Å². The van der Waals surface area contributed by atoms with E-state index in [1.807, 2.05) is 13.0 Å². The molecule has 0 saturated heterocycles. The molecule has 2 aromatic heterocycles. The number of hydrogen-bond donors (Lipinski definition) is 2. The van der Waals surface area contributed by atoms with Gasteiger partial charge in [0, 0.05) is 6.20 Å². The molecule has 2 rings (SSSR count). The zero-order valence-corrected chi connectivity index (χ0v) is 9.38. The van der Waals surface area contributed by atoms with Crippen LogP contribution in [0.25, 0.3) is 0 Å². The number of amides is 1. The maximum absolute atomic E-state index is 11.2. The van der Waals surface area contributed by atoms with E-state index in [2.05, 4.69) is 10.3 Å². The van der Waals surface area contributed by atoms with Crippen molar-refractivity contribution in [2.45, 2.75) is 13.0 Å². The molecule has 1 unspecified atom stereocenters. The van der Waals surface area contributed by atoms with Gasteiger partial charge in [0.15, 0.2) is 0 Å². The van der Waals surface area contributed by atoms with Crippen molar-refractivity contribution in [2.24, 2.45) is 5.73 Å². The minimum atomic E-state index is -0.507. The second kappa shape index (κ2) is 4.69. The molecule has 0 aliphatic heterocycles. The predicted molar refractivity (Wildman–Crippen MR) is 63.5 cm³/mol. The number of aromatic nitrogens is 1. The van der Waals surface area contributed by atoms with Crippen molar-refractivity contribution >= 4 is 11.7 Å². The van der Waals surface area contributed by atoms with Crippen molar-refractivity contribution in [1.82, 2.24) is 4.98 Å². The van der Waals surface area contributed by atoms with Crippen LogP contribution in [0.15, 0.2) is 41.1 Å². The minimum absolute atomic E-state index is 0.0852. The van der Waals surface area contributed by atoms with Gasteiger partial charge < -0.3 is 15.5 Å². The molecule has 0 fully saturated rings. The number of anilines is 1. The van der Waals surface area contributed by atoms with Gasteiger partial charge >= 0.3 is 0 Å². The number of nitrogens with one attached hydrogen (secondary N) is 1. The van der Waals surface area contributed by atoms with Gasteiger partial charge in [0.05, 0.1) is 17.9 Å². The zero-order chi connectivity index (χ0) is 12.3. The summed E-state index contributed by atoms with van der Waals surface area (Å²) >= 11 is 0. The fraction of sp³-hybridized carbons (Fsp3) is 0.167. The van der Waals surface area contributed by atoms with Crippen LogP contribution < -0.4 is 11.1 Å². The van der Waals surface area contributed by atoms with Crippen molar-refractivity contribution in [1.29, 1.82) is 0 Å². The third-order valence-corrected chi connectivity index (χ3v) is 2.40. The Balaban J connectivity index is 2.21. The number of primary amides is 1. The summed E-state index contributed by atoms with van der Waals surface area (Å²) in [5.41, 5.74) is 5.63. The van der Waals surface area contributed by atoms with Gasteiger partial charge in [0.25, 0.3) is 5.91 Å². The molecule has 1 amide bonds. The third kappa shape index (κ3) is 2.44. The largest absolute Gasteiger partial charge is 0.467 e. The lowest BCUT2D eigenvalue weighted by molar-refractivity contribution is 0.100. The van der Waals surface area contributed by atoms with Crippen molar-refractivity contribution < 1.29 is 9.21 Å². The Labute approximate surface area is 98.6 Å². The van der Waals surface area contributed by atoms with Crippen LogP contribution in [-0.2, 0) is 0 Å². The molecular formula is C12H13N3O2. The van der Waals surface area contributed by atoms with Gasteiger partial charge in [0.1, 0.15) is 11.6 Å². The van der Waals surface area contributed by atoms with Crippen LogP contribution in [0.3, 0.4) is 0 Å². The quantitative estimate of drug-likeness (QED) is 0.842. The van der Waals surface area contributed by atoms with E-state index >= 15 is 0 Å². The number of pyridine rings is 1. The van der Waals surface area contributed by atoms with Crippen LogP contribution in [0.1, 0.15) is 29.1 Å². The molecule has 0 saturated carbocycles. The number of nitrogens with two attached hydrogens (primary N) is 1. The Morgan fingerprint density at radius 1 is 1.47 bits per heavy atom. The molecule has 0 aliphatic carbocycles. The first-order valence-electron chi connectivity index (χ1n) is 5.23. The van der Waals surface area contributed by atoms with E-state index in [1.165, 1.54) is 0 Å². The van der Waals surface area contributed by atoms with Crippen molar-refractivity contribution in [3.8, 4) is 0 Å². The molecule has 2 heterocycles. The number of rotatable bonds is 4. The third-order valence-electron chi connectivity index (χ3n) is 2.40. The monoisotopic (exact) mass is 231 g/mol. The van der Waals surface area contributed by atoms with E-state index in [0.29, 0.717) is 11.4 Å². The summed E-state index contributed by atoms with van der Waals surface area (Å²) in [6.45, 7) is 1.91. The lowest BCUT2D eigenvalue weighted by Crippen LogP contribution is -2.16. The maximum Gasteiger partial charge on any atom is 0.252 e. The normalized spacial score (nSPS) is 12.1. The predicted octanol–water partition coefficient (Wildman–Crippen LogP) is 1.95. The molecule has 5 nitrogen and oxygen atoms in total. The Morgan fingerprint density at radius 3 is 2.94 bits per heavy atom. The number of carbonyl (C=O) groups excluding carboxylic acids is 1. The molecule has 0 aliphatic rings. The molecule has 5 heteroatoms. The summed E-state index contributed by atoms with van der Waals surface area (Å²) in [5.74, 6) is 0.724. The number of carbonyl (C=O) groups is 1. The highest BCUT2D eigenvalue weighted by atomic mass is 16.3. The van der Waals surface area contributed by atoms with Gasteiger partial charge in [-0.2, -0.15) is 0 Å². The molecule has 0 radical (unpaired) electrons. The van der Waals surface area contributed by atoms with Crippen LogP contribution in [0.5, 0.6) is 0 Å². The first kappa shape index (κ1) is 11.2. The fourth-order valence-corrected chi connectivity index (χ4v) is 1.53. The average molecular weight is 231 g/mol. The summed E-state index contributed by atoms with van der Waals surface area (Å²) < 4.78 is 5.26. The Morgan fingerprint density at radius 2 is 2.29 bits per heavy atom. The number of hydrogen-bond acceptors (Lipinski definition) is 4. The van der Waals surface area contributed by atoms with Gasteiger partial charge in [-0.1, -0.05) is 0 Å². The zero-order valence-electron chi connectivity index (χ0n) is 9.38. The van der Waals surface area contributed by atoms with E-state index in [0.717, 1.165) is 5.76 Å². The summed E-state index contributed by atoms with van der Waals surface area (Å²) in [7, 11) is 0. The molecular weight excluding hydrogens is 218 g/mol. The Bertz CT molecular complexity index is 508. The second-order valence-electron chi connectivity index (χ2n) is 3.65. The highest BCUT2D eigenvalue weighted by Gasteiger charge is 2.13. The molecule has 2 aromatic rings. The van der Waals surface area contributed by atoms with E-state index in [-0.39, 0.29) is 6.04 Å². The minimum Gasteiger partial charge on any atom is -0.467 e. The molecule has 88 valence electrons. The highest BCUT2D eigenvalue weighted by molar-refractivity contribution is 5.97. The molecule has 17 heavy (non-hydrogen) atoms. The first-order chi connectivity index (χ1) is 8.18. The second-order valence-corrected chi connectivity index (χ2v) is 3.65. The van der Waals surface area contributed by atoms with Crippen LogP contribution in [0, 0.1) is 0 Å². The van der Waals surface area contributed by atoms with Gasteiger partial charge in [-0.25, -0.2) is 4.98 Å². The number of furan rings is 1. The van der Waals surface area contributed by atoms with E-state index in [1.54, 1.807) is 30.7 Å². The topological polar surface area (TPSA) is 81.1 Å². The van der Waals surface area contributed by atoms with Crippen LogP contribution >= 0.6 is 0 Å². The lowest BCUT2D eigenvalue weighted by Gasteiger charge is -2.13. The standard InChI is InChI=1S/C12H13N3O2/c1-8(10-5-3-7-17-10)15-12-9(11(13)16)4-2-6-14-12/h2-8H,1H3,(H2,13,16)(H,14,15).